The molecule has 19 heavy (non-hydrogen) atoms. The molecule has 2 atom stereocenters. The monoisotopic (exact) mass is 299 g/mol. The summed E-state index contributed by atoms with van der Waals surface area (Å²) in [6.07, 6.45) is 3.92. The van der Waals surface area contributed by atoms with Crippen LogP contribution in [-0.2, 0) is 0 Å². The number of carbonyl (C=O) groups excluding carboxylic acids is 1. The Balaban J connectivity index is 2.83. The van der Waals surface area contributed by atoms with Gasteiger partial charge in [-0.25, -0.2) is 0 Å². The Morgan fingerprint density at radius 3 is 2.63 bits per heavy atom. The topological polar surface area (TPSA) is 49.3 Å². The van der Waals surface area contributed by atoms with Gasteiger partial charge in [-0.15, -0.1) is 11.8 Å². The second-order valence-electron chi connectivity index (χ2n) is 4.40. The Morgan fingerprint density at radius 2 is 2.11 bits per heavy atom. The van der Waals surface area contributed by atoms with E-state index in [2.05, 4.69) is 5.32 Å². The summed E-state index contributed by atoms with van der Waals surface area (Å²) in [5, 5.41) is 12.2. The fourth-order valence-corrected chi connectivity index (χ4v) is 2.85. The maximum absolute atomic E-state index is 12.3. The van der Waals surface area contributed by atoms with Gasteiger partial charge in [0, 0.05) is 21.8 Å². The highest BCUT2D eigenvalue weighted by atomic mass is 32.2. The number of hydrogen-bond donors (Lipinski definition) is 2. The number of nitrogens with one attached hydrogen (secondary N) is 1. The Kier molecular flexibility index (Phi) is 6.75. The van der Waals surface area contributed by atoms with Crippen molar-refractivity contribution in [2.24, 2.45) is 0 Å². The van der Waals surface area contributed by atoms with E-state index in [0.717, 1.165) is 10.5 Å². The lowest BCUT2D eigenvalue weighted by atomic mass is 10.1. The Hall–Kier alpha value is -0.650. The number of thioether (sulfide) groups is 2. The van der Waals surface area contributed by atoms with Gasteiger partial charge < -0.3 is 10.4 Å². The molecule has 0 aliphatic carbocycles. The molecule has 2 unspecified atom stereocenters. The lowest BCUT2D eigenvalue weighted by Gasteiger charge is -2.21. The third-order valence-electron chi connectivity index (χ3n) is 3.09. The van der Waals surface area contributed by atoms with Gasteiger partial charge in [0.05, 0.1) is 6.61 Å². The van der Waals surface area contributed by atoms with Crippen molar-refractivity contribution in [3.05, 3.63) is 29.3 Å². The first-order chi connectivity index (χ1) is 9.03. The van der Waals surface area contributed by atoms with Crippen LogP contribution in [0, 0.1) is 6.92 Å². The average Bonchev–Trinajstić information content (AvgIpc) is 2.40. The molecule has 0 aliphatic rings. The molecule has 0 fully saturated rings. The predicted octanol–water partition coefficient (Wildman–Crippen LogP) is 2.56. The molecule has 0 radical (unpaired) electrons. The van der Waals surface area contributed by atoms with E-state index < -0.39 is 0 Å². The van der Waals surface area contributed by atoms with Gasteiger partial charge in [0.25, 0.3) is 5.91 Å². The molecule has 1 aromatic carbocycles. The van der Waals surface area contributed by atoms with E-state index in [4.69, 9.17) is 0 Å². The smallest absolute Gasteiger partial charge is 0.251 e. The third kappa shape index (κ3) is 4.44. The van der Waals surface area contributed by atoms with Gasteiger partial charge in [0.2, 0.25) is 0 Å². The van der Waals surface area contributed by atoms with Crippen LogP contribution in [0.5, 0.6) is 0 Å². The van der Waals surface area contributed by atoms with Crippen molar-refractivity contribution in [2.45, 2.75) is 30.0 Å². The minimum absolute atomic E-state index is 0.0213. The van der Waals surface area contributed by atoms with Gasteiger partial charge in [-0.05, 0) is 44.1 Å². The number of amides is 1. The molecule has 0 saturated heterocycles. The SMILES string of the molecule is CSc1ccc(C)c(C(=O)NC(C)C(CO)SC)c1. The average molecular weight is 299 g/mol. The maximum atomic E-state index is 12.3. The largest absolute Gasteiger partial charge is 0.395 e. The van der Waals surface area contributed by atoms with Crippen LogP contribution in [0.3, 0.4) is 0 Å². The fourth-order valence-electron chi connectivity index (χ4n) is 1.79. The second kappa shape index (κ2) is 7.82. The van der Waals surface area contributed by atoms with Gasteiger partial charge in [-0.2, -0.15) is 11.8 Å². The van der Waals surface area contributed by atoms with E-state index in [1.807, 2.05) is 44.6 Å². The molecule has 1 rings (SSSR count). The summed E-state index contributed by atoms with van der Waals surface area (Å²) in [6.45, 7) is 3.91. The number of aliphatic hydroxyl groups excluding tert-OH is 1. The van der Waals surface area contributed by atoms with Gasteiger partial charge in [-0.3, -0.25) is 4.79 Å². The Bertz CT molecular complexity index is 433. The number of carbonyl (C=O) groups is 1. The van der Waals surface area contributed by atoms with Crippen LogP contribution in [0.2, 0.25) is 0 Å². The zero-order chi connectivity index (χ0) is 14.4. The van der Waals surface area contributed by atoms with Crippen molar-refractivity contribution in [3.8, 4) is 0 Å². The van der Waals surface area contributed by atoms with Crippen LogP contribution >= 0.6 is 23.5 Å². The molecule has 106 valence electrons. The highest BCUT2D eigenvalue weighted by molar-refractivity contribution is 7.99. The van der Waals surface area contributed by atoms with E-state index >= 15 is 0 Å². The summed E-state index contributed by atoms with van der Waals surface area (Å²) in [5.41, 5.74) is 1.67. The summed E-state index contributed by atoms with van der Waals surface area (Å²) in [4.78, 5) is 13.3. The van der Waals surface area contributed by atoms with Crippen LogP contribution in [0.15, 0.2) is 23.1 Å². The van der Waals surface area contributed by atoms with Gasteiger partial charge in [-0.1, -0.05) is 6.07 Å². The number of aliphatic hydroxyl groups is 1. The molecule has 5 heteroatoms. The molecule has 3 nitrogen and oxygen atoms in total. The summed E-state index contributed by atoms with van der Waals surface area (Å²) < 4.78 is 0. The minimum Gasteiger partial charge on any atom is -0.395 e. The number of rotatable bonds is 6. The predicted molar refractivity (Wildman–Crippen MR) is 84.3 cm³/mol. The molecular formula is C14H21NO2S2. The van der Waals surface area contributed by atoms with E-state index in [1.165, 1.54) is 0 Å². The summed E-state index contributed by atoms with van der Waals surface area (Å²) >= 11 is 3.18. The molecule has 0 heterocycles. The summed E-state index contributed by atoms with van der Waals surface area (Å²) in [7, 11) is 0. The van der Waals surface area contributed by atoms with Gasteiger partial charge in [0.15, 0.2) is 0 Å². The quantitative estimate of drug-likeness (QED) is 0.793. The van der Waals surface area contributed by atoms with Crippen molar-refractivity contribution in [1.29, 1.82) is 0 Å². The van der Waals surface area contributed by atoms with Crippen molar-refractivity contribution in [2.75, 3.05) is 19.1 Å². The summed E-state index contributed by atoms with van der Waals surface area (Å²) in [5.74, 6) is -0.0756. The molecule has 0 spiro atoms. The second-order valence-corrected chi connectivity index (χ2v) is 6.36. The van der Waals surface area contributed by atoms with Crippen molar-refractivity contribution in [1.82, 2.24) is 5.32 Å². The molecule has 1 aromatic rings. The van der Waals surface area contributed by atoms with Crippen LogP contribution in [-0.4, -0.2) is 41.4 Å². The Morgan fingerprint density at radius 1 is 1.42 bits per heavy atom. The van der Waals surface area contributed by atoms with Gasteiger partial charge in [0.1, 0.15) is 0 Å². The number of benzene rings is 1. The first-order valence-electron chi connectivity index (χ1n) is 6.12. The maximum Gasteiger partial charge on any atom is 0.251 e. The molecular weight excluding hydrogens is 278 g/mol. The lowest BCUT2D eigenvalue weighted by molar-refractivity contribution is 0.0935. The number of aryl methyl sites for hydroxylation is 1. The normalized spacial score (nSPS) is 13.9. The molecule has 0 bridgehead atoms. The molecule has 0 saturated carbocycles. The summed E-state index contributed by atoms with van der Waals surface area (Å²) in [6, 6.07) is 5.82. The van der Waals surface area contributed by atoms with Crippen molar-refractivity contribution >= 4 is 29.4 Å². The van der Waals surface area contributed by atoms with Crippen LogP contribution < -0.4 is 5.32 Å². The number of hydrogen-bond acceptors (Lipinski definition) is 4. The fraction of sp³-hybridized carbons (Fsp3) is 0.500. The minimum atomic E-state index is -0.0756. The van der Waals surface area contributed by atoms with Crippen LogP contribution in [0.25, 0.3) is 0 Å². The molecule has 0 aliphatic heterocycles. The zero-order valence-corrected chi connectivity index (χ0v) is 13.4. The van der Waals surface area contributed by atoms with Crippen LogP contribution in [0.1, 0.15) is 22.8 Å². The molecule has 1 amide bonds. The van der Waals surface area contributed by atoms with Gasteiger partial charge >= 0.3 is 0 Å². The van der Waals surface area contributed by atoms with E-state index in [1.54, 1.807) is 23.5 Å². The Labute approximate surface area is 123 Å². The van der Waals surface area contributed by atoms with E-state index in [-0.39, 0.29) is 23.8 Å². The first kappa shape index (κ1) is 16.4. The lowest BCUT2D eigenvalue weighted by Crippen LogP contribution is -2.41. The molecule has 0 aromatic heterocycles. The standard InChI is InChI=1S/C14H21NO2S2/c1-9-5-6-11(18-3)7-12(9)14(17)15-10(2)13(8-16)19-4/h5-7,10,13,16H,8H2,1-4H3,(H,15,17). The highest BCUT2D eigenvalue weighted by Crippen LogP contribution is 2.19. The first-order valence-corrected chi connectivity index (χ1v) is 8.63. The van der Waals surface area contributed by atoms with E-state index in [0.29, 0.717) is 5.56 Å². The van der Waals surface area contributed by atoms with Crippen molar-refractivity contribution in [3.63, 3.8) is 0 Å². The van der Waals surface area contributed by atoms with Crippen LogP contribution in [0.4, 0.5) is 0 Å². The highest BCUT2D eigenvalue weighted by Gasteiger charge is 2.19. The zero-order valence-electron chi connectivity index (χ0n) is 11.8. The van der Waals surface area contributed by atoms with Crippen molar-refractivity contribution < 1.29 is 9.90 Å². The third-order valence-corrected chi connectivity index (χ3v) is 4.98. The van der Waals surface area contributed by atoms with E-state index in [9.17, 15) is 9.90 Å². The molecule has 2 N–H and O–H groups in total.